The largest absolute Gasteiger partial charge is 0.378 e. The molecule has 1 amide bonds. The van der Waals surface area contributed by atoms with Gasteiger partial charge in [0.2, 0.25) is 0 Å². The Balaban J connectivity index is 2.19. The number of hydrogen-bond acceptors (Lipinski definition) is 3. The van der Waals surface area contributed by atoms with Gasteiger partial charge in [0, 0.05) is 57.7 Å². The summed E-state index contributed by atoms with van der Waals surface area (Å²) in [4.78, 5) is 16.4. The van der Waals surface area contributed by atoms with Crippen molar-refractivity contribution in [2.24, 2.45) is 7.05 Å². The summed E-state index contributed by atoms with van der Waals surface area (Å²) in [7, 11) is 7.69. The van der Waals surface area contributed by atoms with Gasteiger partial charge in [0.25, 0.3) is 5.91 Å². The lowest BCUT2D eigenvalue weighted by Crippen LogP contribution is -2.26. The summed E-state index contributed by atoms with van der Waals surface area (Å²) >= 11 is 0. The Kier molecular flexibility index (Phi) is 5.08. The third kappa shape index (κ3) is 3.92. The molecule has 5 heteroatoms. The predicted octanol–water partition coefficient (Wildman–Crippen LogP) is 2.88. The van der Waals surface area contributed by atoms with Crippen molar-refractivity contribution in [1.29, 1.82) is 0 Å². The maximum Gasteiger partial charge on any atom is 0.253 e. The summed E-state index contributed by atoms with van der Waals surface area (Å²) in [5.74, 6) is 0.360. The normalized spacial score (nSPS) is 10.9. The van der Waals surface area contributed by atoms with Gasteiger partial charge in [-0.25, -0.2) is 0 Å². The van der Waals surface area contributed by atoms with E-state index in [0.717, 1.165) is 16.9 Å². The molecule has 0 atom stereocenters. The molecule has 0 fully saturated rings. The minimum Gasteiger partial charge on any atom is -0.378 e. The molecule has 0 aliphatic carbocycles. The van der Waals surface area contributed by atoms with Crippen LogP contribution in [0.25, 0.3) is 0 Å². The van der Waals surface area contributed by atoms with E-state index in [9.17, 15) is 4.79 Å². The minimum atomic E-state index is 0.0206. The first-order valence-electron chi connectivity index (χ1n) is 7.85. The molecular weight excluding hydrogens is 288 g/mol. The monoisotopic (exact) mass is 314 g/mol. The van der Waals surface area contributed by atoms with Crippen LogP contribution in [0.1, 0.15) is 41.4 Å². The van der Waals surface area contributed by atoms with Crippen LogP contribution >= 0.6 is 0 Å². The highest BCUT2D eigenvalue weighted by Gasteiger charge is 2.17. The fraction of sp³-hybridized carbons (Fsp3) is 0.444. The van der Waals surface area contributed by atoms with E-state index in [2.05, 4.69) is 18.9 Å². The quantitative estimate of drug-likeness (QED) is 0.852. The molecule has 0 N–H and O–H groups in total. The number of carbonyl (C=O) groups excluding carboxylic acids is 1. The van der Waals surface area contributed by atoms with Crippen LogP contribution in [0.15, 0.2) is 30.5 Å². The molecule has 0 unspecified atom stereocenters. The van der Waals surface area contributed by atoms with E-state index >= 15 is 0 Å². The smallest absolute Gasteiger partial charge is 0.253 e. The first-order valence-corrected chi connectivity index (χ1v) is 7.85. The zero-order chi connectivity index (χ0) is 17.1. The van der Waals surface area contributed by atoms with E-state index in [1.165, 1.54) is 0 Å². The molecule has 0 aliphatic rings. The standard InChI is InChI=1S/C18H26N4O/c1-13(2)17-15(12-22(6)19-17)11-21(5)18(23)14-8-7-9-16(10-14)20(3)4/h7-10,12-13H,11H2,1-6H3. The van der Waals surface area contributed by atoms with Gasteiger partial charge in [-0.2, -0.15) is 5.10 Å². The lowest BCUT2D eigenvalue weighted by molar-refractivity contribution is 0.0784. The third-order valence-corrected chi connectivity index (χ3v) is 3.85. The first-order chi connectivity index (χ1) is 10.8. The van der Waals surface area contributed by atoms with Gasteiger partial charge >= 0.3 is 0 Å². The SMILES string of the molecule is CC(C)c1nn(C)cc1CN(C)C(=O)c1cccc(N(C)C)c1. The van der Waals surface area contributed by atoms with Crippen LogP contribution in [0.4, 0.5) is 5.69 Å². The van der Waals surface area contributed by atoms with Gasteiger partial charge in [-0.05, 0) is 24.1 Å². The summed E-state index contributed by atoms with van der Waals surface area (Å²) in [6, 6.07) is 7.69. The van der Waals surface area contributed by atoms with Crippen LogP contribution in [-0.2, 0) is 13.6 Å². The Morgan fingerprint density at radius 3 is 2.57 bits per heavy atom. The van der Waals surface area contributed by atoms with E-state index in [-0.39, 0.29) is 5.91 Å². The zero-order valence-corrected chi connectivity index (χ0v) is 14.9. The molecule has 2 aromatic rings. The second kappa shape index (κ2) is 6.86. The van der Waals surface area contributed by atoms with Crippen LogP contribution in [0, 0.1) is 0 Å². The summed E-state index contributed by atoms with van der Waals surface area (Å²) < 4.78 is 1.82. The number of hydrogen-bond donors (Lipinski definition) is 0. The number of benzene rings is 1. The highest BCUT2D eigenvalue weighted by molar-refractivity contribution is 5.95. The number of aryl methyl sites for hydroxylation is 1. The number of aromatic nitrogens is 2. The molecule has 0 radical (unpaired) electrons. The van der Waals surface area contributed by atoms with Crippen LogP contribution in [0.3, 0.4) is 0 Å². The summed E-state index contributed by atoms with van der Waals surface area (Å²) in [6.07, 6.45) is 2.00. The van der Waals surface area contributed by atoms with Crippen molar-refractivity contribution in [3.8, 4) is 0 Å². The molecule has 0 bridgehead atoms. The van der Waals surface area contributed by atoms with E-state index < -0.39 is 0 Å². The Morgan fingerprint density at radius 2 is 1.96 bits per heavy atom. The lowest BCUT2D eigenvalue weighted by Gasteiger charge is -2.19. The van der Waals surface area contributed by atoms with Gasteiger partial charge in [0.05, 0.1) is 5.69 Å². The second-order valence-electron chi connectivity index (χ2n) is 6.47. The van der Waals surface area contributed by atoms with E-state index in [0.29, 0.717) is 18.0 Å². The Morgan fingerprint density at radius 1 is 1.26 bits per heavy atom. The number of anilines is 1. The Hall–Kier alpha value is -2.30. The van der Waals surface area contributed by atoms with E-state index in [1.54, 1.807) is 4.90 Å². The molecule has 0 spiro atoms. The van der Waals surface area contributed by atoms with Gasteiger partial charge in [-0.1, -0.05) is 19.9 Å². The third-order valence-electron chi connectivity index (χ3n) is 3.85. The summed E-state index contributed by atoms with van der Waals surface area (Å²) in [5, 5.41) is 4.50. The number of rotatable bonds is 5. The molecule has 2 rings (SSSR count). The highest BCUT2D eigenvalue weighted by Crippen LogP contribution is 2.20. The van der Waals surface area contributed by atoms with Crippen molar-refractivity contribution in [1.82, 2.24) is 14.7 Å². The number of amides is 1. The maximum atomic E-state index is 12.7. The molecule has 1 aromatic heterocycles. The van der Waals surface area contributed by atoms with Crippen molar-refractivity contribution in [2.45, 2.75) is 26.3 Å². The molecule has 124 valence electrons. The van der Waals surface area contributed by atoms with Gasteiger partial charge in [-0.3, -0.25) is 9.48 Å². The fourth-order valence-electron chi connectivity index (χ4n) is 2.63. The summed E-state index contributed by atoms with van der Waals surface area (Å²) in [6.45, 7) is 4.80. The van der Waals surface area contributed by atoms with E-state index in [4.69, 9.17) is 0 Å². The first kappa shape index (κ1) is 17.1. The van der Waals surface area contributed by atoms with Crippen LogP contribution < -0.4 is 4.90 Å². The molecule has 1 aromatic carbocycles. The topological polar surface area (TPSA) is 41.4 Å². The van der Waals surface area contributed by atoms with Gasteiger partial charge in [-0.15, -0.1) is 0 Å². The van der Waals surface area contributed by atoms with Crippen molar-refractivity contribution < 1.29 is 4.79 Å². The van der Waals surface area contributed by atoms with Crippen molar-refractivity contribution >= 4 is 11.6 Å². The highest BCUT2D eigenvalue weighted by atomic mass is 16.2. The van der Waals surface area contributed by atoms with Gasteiger partial charge < -0.3 is 9.80 Å². The molecule has 1 heterocycles. The van der Waals surface area contributed by atoms with Crippen LogP contribution in [0.5, 0.6) is 0 Å². The average Bonchev–Trinajstić information content (AvgIpc) is 2.87. The number of carbonyl (C=O) groups is 1. The van der Waals surface area contributed by atoms with Crippen molar-refractivity contribution in [3.63, 3.8) is 0 Å². The van der Waals surface area contributed by atoms with Crippen LogP contribution in [-0.4, -0.2) is 41.7 Å². The Labute approximate surface area is 138 Å². The maximum absolute atomic E-state index is 12.7. The molecule has 0 saturated heterocycles. The Bertz CT molecular complexity index is 688. The predicted molar refractivity (Wildman–Crippen MR) is 93.9 cm³/mol. The van der Waals surface area contributed by atoms with Gasteiger partial charge in [0.15, 0.2) is 0 Å². The fourth-order valence-corrected chi connectivity index (χ4v) is 2.63. The molecule has 0 saturated carbocycles. The second-order valence-corrected chi connectivity index (χ2v) is 6.47. The molecule has 0 aliphatic heterocycles. The zero-order valence-electron chi connectivity index (χ0n) is 14.9. The van der Waals surface area contributed by atoms with Crippen molar-refractivity contribution in [2.75, 3.05) is 26.0 Å². The molecule has 23 heavy (non-hydrogen) atoms. The molecular formula is C18H26N4O. The van der Waals surface area contributed by atoms with E-state index in [1.807, 2.05) is 68.2 Å². The summed E-state index contributed by atoms with van der Waals surface area (Å²) in [5.41, 5.74) is 3.87. The molecule has 5 nitrogen and oxygen atoms in total. The van der Waals surface area contributed by atoms with Crippen LogP contribution in [0.2, 0.25) is 0 Å². The minimum absolute atomic E-state index is 0.0206. The number of nitrogens with zero attached hydrogens (tertiary/aromatic N) is 4. The van der Waals surface area contributed by atoms with Crippen molar-refractivity contribution in [3.05, 3.63) is 47.3 Å². The average molecular weight is 314 g/mol. The van der Waals surface area contributed by atoms with Gasteiger partial charge in [0.1, 0.15) is 0 Å². The lowest BCUT2D eigenvalue weighted by atomic mass is 10.1.